The molecule has 4 heteroatoms. The summed E-state index contributed by atoms with van der Waals surface area (Å²) in [5.41, 5.74) is 0. The molecule has 0 spiro atoms. The lowest BCUT2D eigenvalue weighted by atomic mass is 10.1. The van der Waals surface area contributed by atoms with Gasteiger partial charge in [0.25, 0.3) is 0 Å². The highest BCUT2D eigenvalue weighted by molar-refractivity contribution is 5.47. The molecule has 94 valence electrons. The minimum Gasteiger partial charge on any atom is -0.370 e. The van der Waals surface area contributed by atoms with E-state index in [1.54, 1.807) is 0 Å². The molecule has 0 radical (unpaired) electrons. The molecule has 1 fully saturated rings. The van der Waals surface area contributed by atoms with Crippen molar-refractivity contribution in [3.05, 3.63) is 11.9 Å². The number of aromatic nitrogens is 2. The molecule has 0 aromatic carbocycles. The van der Waals surface area contributed by atoms with Crippen LogP contribution >= 0.6 is 0 Å². The zero-order chi connectivity index (χ0) is 12.3. The van der Waals surface area contributed by atoms with E-state index in [1.165, 1.54) is 19.3 Å². The first-order valence-electron chi connectivity index (χ1n) is 6.53. The second-order valence-electron chi connectivity index (χ2n) is 4.94. The minimum atomic E-state index is 0.492. The van der Waals surface area contributed by atoms with Crippen LogP contribution in [0.2, 0.25) is 0 Å². The van der Waals surface area contributed by atoms with E-state index in [2.05, 4.69) is 34.4 Å². The Balaban J connectivity index is 1.97. The monoisotopic (exact) mass is 234 g/mol. The number of anilines is 2. The van der Waals surface area contributed by atoms with E-state index >= 15 is 0 Å². The summed E-state index contributed by atoms with van der Waals surface area (Å²) < 4.78 is 0. The van der Waals surface area contributed by atoms with Crippen LogP contribution in [0.1, 0.15) is 38.9 Å². The lowest BCUT2D eigenvalue weighted by molar-refractivity contribution is 0.639. The number of hydrogen-bond donors (Lipinski definition) is 2. The Kier molecular flexibility index (Phi) is 3.82. The summed E-state index contributed by atoms with van der Waals surface area (Å²) in [6.45, 7) is 7.11. The average Bonchev–Trinajstić information content (AvgIpc) is 3.00. The molecule has 2 rings (SSSR count). The first kappa shape index (κ1) is 12.1. The van der Waals surface area contributed by atoms with Crippen molar-refractivity contribution in [1.29, 1.82) is 0 Å². The molecule has 1 aromatic rings. The summed E-state index contributed by atoms with van der Waals surface area (Å²) in [6, 6.07) is 2.48. The maximum Gasteiger partial charge on any atom is 0.132 e. The van der Waals surface area contributed by atoms with Gasteiger partial charge in [-0.1, -0.05) is 12.8 Å². The first-order chi connectivity index (χ1) is 8.17. The van der Waals surface area contributed by atoms with Gasteiger partial charge in [-0.05, 0) is 33.1 Å². The molecule has 1 unspecified atom stereocenters. The third kappa shape index (κ3) is 3.88. The Morgan fingerprint density at radius 1 is 1.35 bits per heavy atom. The van der Waals surface area contributed by atoms with Gasteiger partial charge in [-0.15, -0.1) is 0 Å². The summed E-state index contributed by atoms with van der Waals surface area (Å²) in [5, 5.41) is 6.69. The normalized spacial score (nSPS) is 16.6. The molecule has 0 aliphatic heterocycles. The fraction of sp³-hybridized carbons (Fsp3) is 0.692. The lowest BCUT2D eigenvalue weighted by Gasteiger charge is -2.15. The fourth-order valence-electron chi connectivity index (χ4n) is 2.08. The standard InChI is InChI=1S/C13H22N4/c1-4-14-12-8-13(17-10(3)16-12)15-9(2)7-11-5-6-11/h8-9,11H,4-7H2,1-3H3,(H2,14,15,16,17). The third-order valence-corrected chi connectivity index (χ3v) is 2.97. The van der Waals surface area contributed by atoms with Gasteiger partial charge in [0.15, 0.2) is 0 Å². The van der Waals surface area contributed by atoms with Crippen LogP contribution in [0.25, 0.3) is 0 Å². The van der Waals surface area contributed by atoms with Crippen molar-refractivity contribution in [3.8, 4) is 0 Å². The second-order valence-corrected chi connectivity index (χ2v) is 4.94. The molecule has 17 heavy (non-hydrogen) atoms. The maximum absolute atomic E-state index is 4.42. The van der Waals surface area contributed by atoms with Crippen LogP contribution in [0.3, 0.4) is 0 Å². The topological polar surface area (TPSA) is 49.8 Å². The van der Waals surface area contributed by atoms with Gasteiger partial charge in [0.05, 0.1) is 0 Å². The zero-order valence-corrected chi connectivity index (χ0v) is 11.0. The highest BCUT2D eigenvalue weighted by atomic mass is 15.1. The van der Waals surface area contributed by atoms with Crippen LogP contribution in [-0.4, -0.2) is 22.6 Å². The third-order valence-electron chi connectivity index (χ3n) is 2.97. The SMILES string of the molecule is CCNc1cc(NC(C)CC2CC2)nc(C)n1. The van der Waals surface area contributed by atoms with Crippen molar-refractivity contribution in [1.82, 2.24) is 9.97 Å². The van der Waals surface area contributed by atoms with Crippen LogP contribution in [0.5, 0.6) is 0 Å². The van der Waals surface area contributed by atoms with Gasteiger partial charge in [-0.25, -0.2) is 9.97 Å². The second kappa shape index (κ2) is 5.34. The van der Waals surface area contributed by atoms with Crippen molar-refractivity contribution in [2.45, 2.75) is 46.1 Å². The zero-order valence-electron chi connectivity index (χ0n) is 11.0. The van der Waals surface area contributed by atoms with E-state index in [4.69, 9.17) is 0 Å². The molecule has 1 atom stereocenters. The minimum absolute atomic E-state index is 0.492. The summed E-state index contributed by atoms with van der Waals surface area (Å²) in [4.78, 5) is 8.76. The Hall–Kier alpha value is -1.32. The Labute approximate surface area is 103 Å². The molecule has 0 saturated heterocycles. The van der Waals surface area contributed by atoms with E-state index in [1.807, 2.05) is 13.0 Å². The van der Waals surface area contributed by atoms with Gasteiger partial charge >= 0.3 is 0 Å². The molecule has 0 bridgehead atoms. The molecule has 2 N–H and O–H groups in total. The van der Waals surface area contributed by atoms with E-state index in [9.17, 15) is 0 Å². The van der Waals surface area contributed by atoms with Crippen LogP contribution in [-0.2, 0) is 0 Å². The summed E-state index contributed by atoms with van der Waals surface area (Å²) in [5.74, 6) is 3.58. The fourth-order valence-corrected chi connectivity index (χ4v) is 2.08. The summed E-state index contributed by atoms with van der Waals surface area (Å²) in [7, 11) is 0. The predicted molar refractivity (Wildman–Crippen MR) is 71.4 cm³/mol. The molecule has 0 amide bonds. The van der Waals surface area contributed by atoms with Crippen LogP contribution in [0.4, 0.5) is 11.6 Å². The molecular weight excluding hydrogens is 212 g/mol. The van der Waals surface area contributed by atoms with Crippen LogP contribution in [0.15, 0.2) is 6.07 Å². The van der Waals surface area contributed by atoms with Gasteiger partial charge in [-0.2, -0.15) is 0 Å². The van der Waals surface area contributed by atoms with Crippen LogP contribution in [0, 0.1) is 12.8 Å². The highest BCUT2D eigenvalue weighted by Crippen LogP contribution is 2.34. The number of hydrogen-bond acceptors (Lipinski definition) is 4. The Bertz CT molecular complexity index is 374. The Morgan fingerprint density at radius 2 is 2.06 bits per heavy atom. The number of nitrogens with one attached hydrogen (secondary N) is 2. The molecule has 1 aliphatic rings. The van der Waals surface area contributed by atoms with Gasteiger partial charge in [-0.3, -0.25) is 0 Å². The van der Waals surface area contributed by atoms with Gasteiger partial charge in [0.1, 0.15) is 17.5 Å². The number of aryl methyl sites for hydroxylation is 1. The van der Waals surface area contributed by atoms with Crippen LogP contribution < -0.4 is 10.6 Å². The molecule has 1 saturated carbocycles. The van der Waals surface area contributed by atoms with Crippen molar-refractivity contribution < 1.29 is 0 Å². The maximum atomic E-state index is 4.42. The quantitative estimate of drug-likeness (QED) is 0.794. The summed E-state index contributed by atoms with van der Waals surface area (Å²) >= 11 is 0. The van der Waals surface area contributed by atoms with E-state index < -0.39 is 0 Å². The van der Waals surface area contributed by atoms with E-state index in [0.717, 1.165) is 29.9 Å². The highest BCUT2D eigenvalue weighted by Gasteiger charge is 2.23. The van der Waals surface area contributed by atoms with E-state index in [0.29, 0.717) is 6.04 Å². The van der Waals surface area contributed by atoms with Crippen molar-refractivity contribution >= 4 is 11.6 Å². The summed E-state index contributed by atoms with van der Waals surface area (Å²) in [6.07, 6.45) is 4.05. The molecule has 1 heterocycles. The average molecular weight is 234 g/mol. The lowest BCUT2D eigenvalue weighted by Crippen LogP contribution is -2.17. The van der Waals surface area contributed by atoms with Crippen molar-refractivity contribution in [2.24, 2.45) is 5.92 Å². The Morgan fingerprint density at radius 3 is 2.71 bits per heavy atom. The predicted octanol–water partition coefficient (Wildman–Crippen LogP) is 2.82. The molecule has 1 aliphatic carbocycles. The van der Waals surface area contributed by atoms with E-state index in [-0.39, 0.29) is 0 Å². The largest absolute Gasteiger partial charge is 0.370 e. The van der Waals surface area contributed by atoms with Crippen molar-refractivity contribution in [3.63, 3.8) is 0 Å². The molecular formula is C13H22N4. The molecule has 1 aromatic heterocycles. The smallest absolute Gasteiger partial charge is 0.132 e. The molecule has 4 nitrogen and oxygen atoms in total. The van der Waals surface area contributed by atoms with Gasteiger partial charge in [0.2, 0.25) is 0 Å². The van der Waals surface area contributed by atoms with Gasteiger partial charge in [0, 0.05) is 18.7 Å². The number of rotatable bonds is 6. The van der Waals surface area contributed by atoms with Gasteiger partial charge < -0.3 is 10.6 Å². The number of nitrogens with zero attached hydrogens (tertiary/aromatic N) is 2. The van der Waals surface area contributed by atoms with Crippen molar-refractivity contribution in [2.75, 3.05) is 17.2 Å². The first-order valence-corrected chi connectivity index (χ1v) is 6.53.